The van der Waals surface area contributed by atoms with Crippen LogP contribution in [0.3, 0.4) is 0 Å². The van der Waals surface area contributed by atoms with Gasteiger partial charge >= 0.3 is 0 Å². The highest BCUT2D eigenvalue weighted by molar-refractivity contribution is 7.89. The molecule has 1 saturated carbocycles. The third kappa shape index (κ3) is 3.57. The van der Waals surface area contributed by atoms with Gasteiger partial charge in [-0.15, -0.1) is 0 Å². The molecule has 0 radical (unpaired) electrons. The number of hydrogen-bond donors (Lipinski definition) is 0. The predicted octanol–water partition coefficient (Wildman–Crippen LogP) is 1.98. The Balaban J connectivity index is 1.47. The zero-order valence-corrected chi connectivity index (χ0v) is 16.3. The van der Waals surface area contributed by atoms with Crippen molar-refractivity contribution in [2.75, 3.05) is 13.1 Å². The number of piperidine rings is 1. The van der Waals surface area contributed by atoms with Gasteiger partial charge in [-0.05, 0) is 44.4 Å². The van der Waals surface area contributed by atoms with Crippen LogP contribution in [0.5, 0.6) is 0 Å². The molecule has 3 heterocycles. The lowest BCUT2D eigenvalue weighted by atomic mass is 9.96. The van der Waals surface area contributed by atoms with E-state index in [-0.39, 0.29) is 5.03 Å². The lowest BCUT2D eigenvalue weighted by Crippen LogP contribution is -2.40. The van der Waals surface area contributed by atoms with E-state index in [2.05, 4.69) is 21.5 Å². The van der Waals surface area contributed by atoms with Gasteiger partial charge in [-0.1, -0.05) is 0 Å². The molecule has 0 bridgehead atoms. The average molecular weight is 378 g/mol. The number of sulfonamides is 1. The van der Waals surface area contributed by atoms with Crippen molar-refractivity contribution < 1.29 is 8.42 Å². The first kappa shape index (κ1) is 17.7. The number of hydrogen-bond acceptors (Lipinski definition) is 4. The van der Waals surface area contributed by atoms with Crippen LogP contribution in [0, 0.1) is 18.8 Å². The number of nitrogens with zero attached hydrogens (tertiary/aromatic N) is 5. The molecule has 4 rings (SSSR count). The highest BCUT2D eigenvalue weighted by Crippen LogP contribution is 2.32. The fraction of sp³-hybridized carbons (Fsp3) is 0.667. The minimum absolute atomic E-state index is 0.145. The smallest absolute Gasteiger partial charge is 0.262 e. The summed E-state index contributed by atoms with van der Waals surface area (Å²) in [7, 11) is -1.72. The van der Waals surface area contributed by atoms with Crippen molar-refractivity contribution in [3.63, 3.8) is 0 Å². The molecule has 7 nitrogen and oxygen atoms in total. The van der Waals surface area contributed by atoms with E-state index in [0.717, 1.165) is 37.5 Å². The average Bonchev–Trinajstić information content (AvgIpc) is 3.23. The molecule has 1 aliphatic heterocycles. The fourth-order valence-corrected chi connectivity index (χ4v) is 5.33. The van der Waals surface area contributed by atoms with Crippen molar-refractivity contribution >= 4 is 10.0 Å². The van der Waals surface area contributed by atoms with Crippen LogP contribution in [0.4, 0.5) is 0 Å². The monoisotopic (exact) mass is 377 g/mol. The maximum atomic E-state index is 12.9. The van der Waals surface area contributed by atoms with Crippen molar-refractivity contribution in [1.29, 1.82) is 0 Å². The molecule has 1 atom stereocenters. The third-order valence-electron chi connectivity index (χ3n) is 5.51. The summed E-state index contributed by atoms with van der Waals surface area (Å²) in [5, 5.41) is 0.145. The Labute approximate surface area is 155 Å². The summed E-state index contributed by atoms with van der Waals surface area (Å²) in [5.74, 6) is 2.22. The quantitative estimate of drug-likeness (QED) is 0.772. The highest BCUT2D eigenvalue weighted by Gasteiger charge is 2.32. The van der Waals surface area contributed by atoms with Crippen molar-refractivity contribution in [3.05, 3.63) is 30.2 Å². The number of imidazole rings is 2. The predicted molar refractivity (Wildman–Crippen MR) is 98.1 cm³/mol. The van der Waals surface area contributed by atoms with Crippen molar-refractivity contribution in [1.82, 2.24) is 23.4 Å². The van der Waals surface area contributed by atoms with Gasteiger partial charge in [0.15, 0.2) is 5.03 Å². The Morgan fingerprint density at radius 3 is 2.69 bits per heavy atom. The molecule has 1 aliphatic carbocycles. The zero-order chi connectivity index (χ0) is 18.3. The summed E-state index contributed by atoms with van der Waals surface area (Å²) < 4.78 is 31.3. The molecule has 1 unspecified atom stereocenters. The number of rotatable bonds is 6. The van der Waals surface area contributed by atoms with Crippen LogP contribution in [0.1, 0.15) is 37.2 Å². The van der Waals surface area contributed by atoms with Crippen LogP contribution in [0.25, 0.3) is 0 Å². The Bertz CT molecular complexity index is 881. The van der Waals surface area contributed by atoms with E-state index >= 15 is 0 Å². The Hall–Kier alpha value is -1.67. The largest absolute Gasteiger partial charge is 0.339 e. The summed E-state index contributed by atoms with van der Waals surface area (Å²) in [4.78, 5) is 8.66. The molecule has 0 N–H and O–H groups in total. The standard InChI is InChI=1S/C18H27N5O2S/c1-14-9-19-17(23(14)11-15-5-6-15)8-16-4-3-7-22(10-16)26(24,25)18-12-21(2)13-20-18/h9,12-13,15-16H,3-8,10-11H2,1-2H3. The van der Waals surface area contributed by atoms with Crippen LogP contribution in [0.2, 0.25) is 0 Å². The van der Waals surface area contributed by atoms with Gasteiger partial charge in [0, 0.05) is 51.2 Å². The number of aromatic nitrogens is 4. The van der Waals surface area contributed by atoms with E-state index < -0.39 is 10.0 Å². The molecule has 2 fully saturated rings. The lowest BCUT2D eigenvalue weighted by Gasteiger charge is -2.31. The van der Waals surface area contributed by atoms with Crippen molar-refractivity contribution in [2.24, 2.45) is 18.9 Å². The molecule has 142 valence electrons. The highest BCUT2D eigenvalue weighted by atomic mass is 32.2. The molecule has 2 aliphatic rings. The molecule has 26 heavy (non-hydrogen) atoms. The second kappa shape index (κ2) is 6.81. The van der Waals surface area contributed by atoms with Gasteiger partial charge in [-0.25, -0.2) is 18.4 Å². The van der Waals surface area contributed by atoms with E-state index in [4.69, 9.17) is 0 Å². The first-order valence-electron chi connectivity index (χ1n) is 9.42. The van der Waals surface area contributed by atoms with Gasteiger partial charge in [0.1, 0.15) is 5.82 Å². The molecule has 0 amide bonds. The van der Waals surface area contributed by atoms with Crippen LogP contribution in [-0.4, -0.2) is 44.9 Å². The zero-order valence-electron chi connectivity index (χ0n) is 15.5. The molecule has 0 spiro atoms. The summed E-state index contributed by atoms with van der Waals surface area (Å²) >= 11 is 0. The van der Waals surface area contributed by atoms with Crippen LogP contribution in [-0.2, 0) is 30.0 Å². The second-order valence-electron chi connectivity index (χ2n) is 7.82. The summed E-state index contributed by atoms with van der Waals surface area (Å²) in [6.07, 6.45) is 10.5. The minimum atomic E-state index is -3.51. The maximum absolute atomic E-state index is 12.9. The molecule has 0 aromatic carbocycles. The molecule has 1 saturated heterocycles. The Morgan fingerprint density at radius 1 is 1.19 bits per heavy atom. The summed E-state index contributed by atoms with van der Waals surface area (Å²) in [6.45, 7) is 4.29. The fourth-order valence-electron chi connectivity index (χ4n) is 3.81. The molecule has 2 aromatic rings. The third-order valence-corrected chi connectivity index (χ3v) is 7.26. The molecular formula is C18H27N5O2S. The molecular weight excluding hydrogens is 350 g/mol. The van der Waals surface area contributed by atoms with Crippen LogP contribution in [0.15, 0.2) is 23.7 Å². The van der Waals surface area contributed by atoms with Crippen LogP contribution >= 0.6 is 0 Å². The topological polar surface area (TPSA) is 73.0 Å². The SMILES string of the molecule is Cc1cnc(CC2CCCN(S(=O)(=O)c3cn(C)cn3)C2)n1CC1CC1. The Kier molecular flexibility index (Phi) is 4.64. The summed E-state index contributed by atoms with van der Waals surface area (Å²) in [6, 6.07) is 0. The van der Waals surface area contributed by atoms with Gasteiger partial charge in [-0.3, -0.25) is 0 Å². The molecule has 8 heteroatoms. The van der Waals surface area contributed by atoms with Crippen molar-refractivity contribution in [3.8, 4) is 0 Å². The summed E-state index contributed by atoms with van der Waals surface area (Å²) in [5.41, 5.74) is 1.21. The number of aryl methyl sites for hydroxylation is 2. The lowest BCUT2D eigenvalue weighted by molar-refractivity contribution is 0.260. The van der Waals surface area contributed by atoms with E-state index in [9.17, 15) is 8.42 Å². The van der Waals surface area contributed by atoms with Gasteiger partial charge in [-0.2, -0.15) is 4.31 Å². The van der Waals surface area contributed by atoms with Gasteiger partial charge in [0.05, 0.1) is 6.33 Å². The maximum Gasteiger partial charge on any atom is 0.262 e. The van der Waals surface area contributed by atoms with E-state index in [1.807, 2.05) is 6.20 Å². The minimum Gasteiger partial charge on any atom is -0.339 e. The van der Waals surface area contributed by atoms with Gasteiger partial charge in [0.25, 0.3) is 10.0 Å². The van der Waals surface area contributed by atoms with Gasteiger partial charge in [0.2, 0.25) is 0 Å². The van der Waals surface area contributed by atoms with E-state index in [0.29, 0.717) is 19.0 Å². The van der Waals surface area contributed by atoms with Gasteiger partial charge < -0.3 is 9.13 Å². The first-order chi connectivity index (χ1) is 12.4. The molecule has 2 aromatic heterocycles. The van der Waals surface area contributed by atoms with E-state index in [1.165, 1.54) is 24.9 Å². The Morgan fingerprint density at radius 2 is 2.00 bits per heavy atom. The van der Waals surface area contributed by atoms with E-state index in [1.54, 1.807) is 22.1 Å². The normalized spacial score (nSPS) is 22.0. The van der Waals surface area contributed by atoms with Crippen molar-refractivity contribution in [2.45, 2.75) is 50.6 Å². The second-order valence-corrected chi connectivity index (χ2v) is 9.71. The first-order valence-corrected chi connectivity index (χ1v) is 10.9. The van der Waals surface area contributed by atoms with Crippen LogP contribution < -0.4 is 0 Å².